The van der Waals surface area contributed by atoms with E-state index in [2.05, 4.69) is 104 Å². The van der Waals surface area contributed by atoms with E-state index < -0.39 is 0 Å². The van der Waals surface area contributed by atoms with Crippen LogP contribution in [0.25, 0.3) is 0 Å². The number of hydrogen-bond acceptors (Lipinski definition) is 6. The summed E-state index contributed by atoms with van der Waals surface area (Å²) in [6.45, 7) is 1.78. The summed E-state index contributed by atoms with van der Waals surface area (Å²) in [4.78, 5) is 0. The van der Waals surface area contributed by atoms with Crippen molar-refractivity contribution in [2.45, 2.75) is 5.92 Å². The van der Waals surface area contributed by atoms with E-state index in [1.54, 1.807) is 0 Å². The van der Waals surface area contributed by atoms with Gasteiger partial charge >= 0.3 is 0 Å². The summed E-state index contributed by atoms with van der Waals surface area (Å²) in [5.41, 5.74) is 10.6. The third kappa shape index (κ3) is 4.28. The molecule has 156 valence electrons. The highest BCUT2D eigenvalue weighted by Gasteiger charge is 2.27. The highest BCUT2D eigenvalue weighted by molar-refractivity contribution is 5.59. The first-order chi connectivity index (χ1) is 14.7. The fraction of sp³-hybridized carbons (Fsp3) is 0.250. The van der Waals surface area contributed by atoms with Crippen molar-refractivity contribution in [2.24, 2.45) is 0 Å². The van der Waals surface area contributed by atoms with E-state index in [1.807, 2.05) is 21.1 Å². The van der Waals surface area contributed by atoms with Gasteiger partial charge in [0.05, 0.1) is 11.4 Å². The van der Waals surface area contributed by atoms with Crippen LogP contribution >= 0.6 is 0 Å². The Bertz CT molecular complexity index is 804. The minimum atomic E-state index is 0.366. The number of nitrogens with zero attached hydrogens (tertiary/aromatic N) is 2. The van der Waals surface area contributed by atoms with Crippen LogP contribution in [0.3, 0.4) is 0 Å². The molecule has 0 saturated carbocycles. The number of rotatable bonds is 6. The minimum Gasteiger partial charge on any atom is -0.388 e. The standard InChI is InChI=1S/C24H30N6/c1-25-20-6-4-18(5-7-20)19-16-29(23-12-8-21(26-2)9-13-23)28-30(17-19)24-14-10-22(27-3)11-15-24/h4-15,19,25-28H,16-17H2,1-3H3. The fourth-order valence-corrected chi connectivity index (χ4v) is 3.80. The van der Waals surface area contributed by atoms with E-state index in [4.69, 9.17) is 0 Å². The first kappa shape index (κ1) is 19.9. The van der Waals surface area contributed by atoms with Crippen LogP contribution in [-0.4, -0.2) is 34.2 Å². The molecule has 4 rings (SSSR count). The molecule has 1 fully saturated rings. The quantitative estimate of drug-likeness (QED) is 0.492. The van der Waals surface area contributed by atoms with Gasteiger partial charge in [0, 0.05) is 57.2 Å². The lowest BCUT2D eigenvalue weighted by molar-refractivity contribution is 0.458. The van der Waals surface area contributed by atoms with Gasteiger partial charge in [-0.25, -0.2) is 0 Å². The van der Waals surface area contributed by atoms with Crippen molar-refractivity contribution >= 4 is 28.4 Å². The molecule has 3 aromatic rings. The zero-order valence-corrected chi connectivity index (χ0v) is 17.8. The third-order valence-electron chi connectivity index (χ3n) is 5.65. The van der Waals surface area contributed by atoms with E-state index in [0.29, 0.717) is 5.92 Å². The van der Waals surface area contributed by atoms with Gasteiger partial charge in [-0.2, -0.15) is 0 Å². The van der Waals surface area contributed by atoms with Crippen LogP contribution in [0.2, 0.25) is 0 Å². The number of hydrazine groups is 2. The van der Waals surface area contributed by atoms with Crippen LogP contribution < -0.4 is 31.5 Å². The second-order valence-electron chi connectivity index (χ2n) is 7.48. The van der Waals surface area contributed by atoms with Gasteiger partial charge in [0.25, 0.3) is 0 Å². The van der Waals surface area contributed by atoms with Crippen LogP contribution in [-0.2, 0) is 0 Å². The van der Waals surface area contributed by atoms with Crippen molar-refractivity contribution < 1.29 is 0 Å². The molecule has 1 aliphatic heterocycles. The Labute approximate surface area is 178 Å². The largest absolute Gasteiger partial charge is 0.388 e. The molecule has 6 nitrogen and oxygen atoms in total. The zero-order valence-electron chi connectivity index (χ0n) is 17.8. The summed E-state index contributed by atoms with van der Waals surface area (Å²) >= 11 is 0. The molecule has 0 spiro atoms. The van der Waals surface area contributed by atoms with E-state index in [9.17, 15) is 0 Å². The summed E-state index contributed by atoms with van der Waals surface area (Å²) in [6.07, 6.45) is 0. The van der Waals surface area contributed by atoms with Crippen LogP contribution in [0.15, 0.2) is 72.8 Å². The maximum absolute atomic E-state index is 3.60. The predicted octanol–water partition coefficient (Wildman–Crippen LogP) is 4.34. The average Bonchev–Trinajstić information content (AvgIpc) is 2.84. The normalized spacial score (nSPS) is 14.5. The highest BCUT2D eigenvalue weighted by atomic mass is 15.8. The summed E-state index contributed by atoms with van der Waals surface area (Å²) in [5.74, 6) is 0.366. The van der Waals surface area contributed by atoms with Gasteiger partial charge in [0.1, 0.15) is 0 Å². The van der Waals surface area contributed by atoms with Crippen LogP contribution in [0, 0.1) is 0 Å². The van der Waals surface area contributed by atoms with E-state index in [1.165, 1.54) is 5.56 Å². The molecule has 1 aliphatic rings. The lowest BCUT2D eigenvalue weighted by atomic mass is 9.97. The summed E-state index contributed by atoms with van der Waals surface area (Å²) in [7, 11) is 5.83. The molecule has 0 amide bonds. The van der Waals surface area contributed by atoms with Crippen molar-refractivity contribution in [3.63, 3.8) is 0 Å². The fourth-order valence-electron chi connectivity index (χ4n) is 3.80. The Hall–Kier alpha value is -3.38. The zero-order chi connectivity index (χ0) is 20.9. The Balaban J connectivity index is 1.63. The van der Waals surface area contributed by atoms with E-state index in [-0.39, 0.29) is 0 Å². The Morgan fingerprint density at radius 1 is 0.600 bits per heavy atom. The Morgan fingerprint density at radius 3 is 1.33 bits per heavy atom. The topological polar surface area (TPSA) is 54.6 Å². The molecule has 4 N–H and O–H groups in total. The third-order valence-corrected chi connectivity index (χ3v) is 5.65. The molecular weight excluding hydrogens is 372 g/mol. The molecular formula is C24H30N6. The second kappa shape index (κ2) is 8.97. The van der Waals surface area contributed by atoms with Crippen LogP contribution in [0.1, 0.15) is 11.5 Å². The summed E-state index contributed by atoms with van der Waals surface area (Å²) in [6, 6.07) is 25.8. The molecule has 3 aromatic carbocycles. The van der Waals surface area contributed by atoms with Gasteiger partial charge in [-0.3, -0.25) is 10.0 Å². The molecule has 6 heteroatoms. The highest BCUT2D eigenvalue weighted by Crippen LogP contribution is 2.29. The average molecular weight is 403 g/mol. The van der Waals surface area contributed by atoms with Crippen molar-refractivity contribution in [3.05, 3.63) is 78.4 Å². The molecule has 30 heavy (non-hydrogen) atoms. The SMILES string of the molecule is CNc1ccc(C2CN(c3ccc(NC)cc3)NN(c3ccc(NC)cc3)C2)cc1. The lowest BCUT2D eigenvalue weighted by Gasteiger charge is -2.43. The first-order valence-corrected chi connectivity index (χ1v) is 10.3. The van der Waals surface area contributed by atoms with E-state index in [0.717, 1.165) is 41.5 Å². The Morgan fingerprint density at radius 2 is 0.967 bits per heavy atom. The van der Waals surface area contributed by atoms with Gasteiger partial charge < -0.3 is 16.0 Å². The first-order valence-electron chi connectivity index (χ1n) is 10.3. The number of nitrogens with one attached hydrogen (secondary N) is 4. The predicted molar refractivity (Wildman–Crippen MR) is 129 cm³/mol. The smallest absolute Gasteiger partial charge is 0.0539 e. The summed E-state index contributed by atoms with van der Waals surface area (Å²) in [5, 5.41) is 14.0. The lowest BCUT2D eigenvalue weighted by Crippen LogP contribution is -2.58. The van der Waals surface area contributed by atoms with Gasteiger partial charge in [-0.05, 0) is 66.2 Å². The number of anilines is 5. The van der Waals surface area contributed by atoms with Crippen LogP contribution in [0.4, 0.5) is 28.4 Å². The van der Waals surface area contributed by atoms with Gasteiger partial charge in [0.2, 0.25) is 0 Å². The molecule has 0 aliphatic carbocycles. The Kier molecular flexibility index (Phi) is 5.95. The van der Waals surface area contributed by atoms with Crippen molar-refractivity contribution in [1.82, 2.24) is 5.53 Å². The monoisotopic (exact) mass is 402 g/mol. The minimum absolute atomic E-state index is 0.366. The maximum Gasteiger partial charge on any atom is 0.0539 e. The second-order valence-corrected chi connectivity index (χ2v) is 7.48. The number of hydrogen-bond donors (Lipinski definition) is 4. The molecule has 0 aromatic heterocycles. The van der Waals surface area contributed by atoms with Gasteiger partial charge in [-0.15, -0.1) is 5.53 Å². The molecule has 0 unspecified atom stereocenters. The van der Waals surface area contributed by atoms with E-state index >= 15 is 0 Å². The summed E-state index contributed by atoms with van der Waals surface area (Å²) < 4.78 is 0. The van der Waals surface area contributed by atoms with Crippen molar-refractivity contribution in [3.8, 4) is 0 Å². The molecule has 1 saturated heterocycles. The van der Waals surface area contributed by atoms with Crippen molar-refractivity contribution in [1.29, 1.82) is 0 Å². The molecule has 1 heterocycles. The maximum atomic E-state index is 3.60. The van der Waals surface area contributed by atoms with Gasteiger partial charge in [-0.1, -0.05) is 12.1 Å². The van der Waals surface area contributed by atoms with Gasteiger partial charge in [0.15, 0.2) is 0 Å². The van der Waals surface area contributed by atoms with Crippen LogP contribution in [0.5, 0.6) is 0 Å². The van der Waals surface area contributed by atoms with Crippen molar-refractivity contribution in [2.75, 3.05) is 60.2 Å². The molecule has 0 radical (unpaired) electrons. The molecule has 0 atom stereocenters. The number of benzene rings is 3. The molecule has 0 bridgehead atoms.